The first-order valence-electron chi connectivity index (χ1n) is 7.45. The molecule has 0 saturated carbocycles. The predicted molar refractivity (Wildman–Crippen MR) is 83.7 cm³/mol. The Morgan fingerprint density at radius 1 is 1.52 bits per heavy atom. The molecule has 0 aromatic carbocycles. The molecule has 0 radical (unpaired) electrons. The topological polar surface area (TPSA) is 61.8 Å². The number of nitrogens with zero attached hydrogens (tertiary/aromatic N) is 1. The third kappa shape index (κ3) is 4.78. The summed E-state index contributed by atoms with van der Waals surface area (Å²) in [6.07, 6.45) is 3.41. The van der Waals surface area contributed by atoms with Crippen molar-refractivity contribution in [3.63, 3.8) is 0 Å². The minimum Gasteiger partial charge on any atom is -0.395 e. The molecule has 1 atom stereocenters. The number of rotatable bonds is 7. The van der Waals surface area contributed by atoms with E-state index < -0.39 is 0 Å². The molecule has 1 aromatic heterocycles. The molecule has 2 rings (SSSR count). The molecule has 1 aliphatic rings. The van der Waals surface area contributed by atoms with E-state index in [1.54, 1.807) is 7.11 Å². The Hall–Kier alpha value is -0.950. The van der Waals surface area contributed by atoms with Crippen molar-refractivity contribution in [1.29, 1.82) is 0 Å². The van der Waals surface area contributed by atoms with E-state index in [2.05, 4.69) is 10.2 Å². The first kappa shape index (κ1) is 16.4. The van der Waals surface area contributed by atoms with E-state index in [1.165, 1.54) is 24.2 Å². The second-order valence-corrected chi connectivity index (χ2v) is 6.49. The molecule has 1 amide bonds. The zero-order valence-electron chi connectivity index (χ0n) is 12.5. The van der Waals surface area contributed by atoms with Crippen LogP contribution in [0.2, 0.25) is 0 Å². The molecule has 0 bridgehead atoms. The molecule has 0 spiro atoms. The van der Waals surface area contributed by atoms with Crippen LogP contribution in [0.25, 0.3) is 0 Å². The molecule has 1 aromatic rings. The highest BCUT2D eigenvalue weighted by molar-refractivity contribution is 7.14. The van der Waals surface area contributed by atoms with Crippen LogP contribution in [0.15, 0.2) is 12.1 Å². The number of amides is 1. The van der Waals surface area contributed by atoms with Crippen molar-refractivity contribution in [1.82, 2.24) is 10.2 Å². The van der Waals surface area contributed by atoms with Gasteiger partial charge >= 0.3 is 0 Å². The van der Waals surface area contributed by atoms with Crippen LogP contribution < -0.4 is 5.32 Å². The molecule has 1 saturated heterocycles. The van der Waals surface area contributed by atoms with Gasteiger partial charge in [-0.2, -0.15) is 0 Å². The Kier molecular flexibility index (Phi) is 6.63. The Bertz CT molecular complexity index is 450. The normalized spacial score (nSPS) is 19.6. The SMILES string of the molecule is COCc1ccc(C(=O)NCCN2CCCC[C@H]2CO)s1. The number of thiophene rings is 1. The largest absolute Gasteiger partial charge is 0.395 e. The third-order valence-electron chi connectivity index (χ3n) is 3.82. The zero-order chi connectivity index (χ0) is 15.1. The Labute approximate surface area is 129 Å². The quantitative estimate of drug-likeness (QED) is 0.800. The number of hydrogen-bond acceptors (Lipinski definition) is 5. The maximum atomic E-state index is 12.0. The Morgan fingerprint density at radius 2 is 2.38 bits per heavy atom. The van der Waals surface area contributed by atoms with Crippen molar-refractivity contribution in [3.8, 4) is 0 Å². The number of likely N-dealkylation sites (tertiary alicyclic amines) is 1. The van der Waals surface area contributed by atoms with Crippen LogP contribution in [-0.4, -0.2) is 55.3 Å². The first-order chi connectivity index (χ1) is 10.2. The van der Waals surface area contributed by atoms with Crippen molar-refractivity contribution < 1.29 is 14.6 Å². The van der Waals surface area contributed by atoms with Crippen molar-refractivity contribution in [2.75, 3.05) is 33.4 Å². The molecule has 0 aliphatic carbocycles. The Morgan fingerprint density at radius 3 is 3.14 bits per heavy atom. The standard InChI is InChI=1S/C15H24N2O3S/c1-20-11-13-5-6-14(21-13)15(19)16-7-9-17-8-3-2-4-12(17)10-18/h5-6,12,18H,2-4,7-11H2,1H3,(H,16,19)/t12-/m0/s1. The number of carbonyl (C=O) groups is 1. The summed E-state index contributed by atoms with van der Waals surface area (Å²) in [5, 5.41) is 12.3. The second kappa shape index (κ2) is 8.48. The minimum atomic E-state index is -0.0279. The van der Waals surface area contributed by atoms with Gasteiger partial charge in [0, 0.05) is 31.1 Å². The number of aliphatic hydroxyl groups excluding tert-OH is 1. The lowest BCUT2D eigenvalue weighted by molar-refractivity contribution is 0.0851. The van der Waals surface area contributed by atoms with Gasteiger partial charge in [-0.25, -0.2) is 0 Å². The maximum Gasteiger partial charge on any atom is 0.261 e. The number of nitrogens with one attached hydrogen (secondary N) is 1. The summed E-state index contributed by atoms with van der Waals surface area (Å²) in [6, 6.07) is 4.02. The molecule has 6 heteroatoms. The van der Waals surface area contributed by atoms with E-state index in [-0.39, 0.29) is 18.6 Å². The van der Waals surface area contributed by atoms with E-state index >= 15 is 0 Å². The highest BCUT2D eigenvalue weighted by Crippen LogP contribution is 2.17. The second-order valence-electron chi connectivity index (χ2n) is 5.32. The van der Waals surface area contributed by atoms with Crippen LogP contribution in [0, 0.1) is 0 Å². The number of aliphatic hydroxyl groups is 1. The smallest absolute Gasteiger partial charge is 0.261 e. The van der Waals surface area contributed by atoms with Gasteiger partial charge in [-0.1, -0.05) is 6.42 Å². The molecule has 21 heavy (non-hydrogen) atoms. The predicted octanol–water partition coefficient (Wildman–Crippen LogP) is 1.47. The molecule has 2 N–H and O–H groups in total. The lowest BCUT2D eigenvalue weighted by Gasteiger charge is -2.34. The van der Waals surface area contributed by atoms with Gasteiger partial charge in [-0.3, -0.25) is 9.69 Å². The van der Waals surface area contributed by atoms with Gasteiger partial charge in [0.15, 0.2) is 0 Å². The number of methoxy groups -OCH3 is 1. The highest BCUT2D eigenvalue weighted by atomic mass is 32.1. The molecule has 118 valence electrons. The van der Waals surface area contributed by atoms with E-state index in [4.69, 9.17) is 4.74 Å². The summed E-state index contributed by atoms with van der Waals surface area (Å²) in [5.74, 6) is -0.0279. The number of carbonyl (C=O) groups excluding carboxylic acids is 1. The van der Waals surface area contributed by atoms with Gasteiger partial charge in [-0.15, -0.1) is 11.3 Å². The highest BCUT2D eigenvalue weighted by Gasteiger charge is 2.21. The van der Waals surface area contributed by atoms with Gasteiger partial charge in [0.2, 0.25) is 0 Å². The van der Waals surface area contributed by atoms with Crippen LogP contribution >= 0.6 is 11.3 Å². The monoisotopic (exact) mass is 312 g/mol. The summed E-state index contributed by atoms with van der Waals surface area (Å²) in [7, 11) is 1.65. The molecular formula is C15H24N2O3S. The van der Waals surface area contributed by atoms with Gasteiger partial charge in [0.05, 0.1) is 18.1 Å². The van der Waals surface area contributed by atoms with Crippen molar-refractivity contribution >= 4 is 17.2 Å². The van der Waals surface area contributed by atoms with Crippen molar-refractivity contribution in [3.05, 3.63) is 21.9 Å². The number of piperidine rings is 1. The fourth-order valence-electron chi connectivity index (χ4n) is 2.68. The first-order valence-corrected chi connectivity index (χ1v) is 8.27. The summed E-state index contributed by atoms with van der Waals surface area (Å²) in [6.45, 7) is 3.18. The van der Waals surface area contributed by atoms with Crippen LogP contribution in [0.1, 0.15) is 33.8 Å². The maximum absolute atomic E-state index is 12.0. The lowest BCUT2D eigenvalue weighted by atomic mass is 10.0. The summed E-state index contributed by atoms with van der Waals surface area (Å²) in [5.41, 5.74) is 0. The molecule has 1 fully saturated rings. The molecule has 5 nitrogen and oxygen atoms in total. The minimum absolute atomic E-state index is 0.0279. The number of ether oxygens (including phenoxy) is 1. The zero-order valence-corrected chi connectivity index (χ0v) is 13.3. The van der Waals surface area contributed by atoms with E-state index in [0.29, 0.717) is 13.2 Å². The van der Waals surface area contributed by atoms with Crippen LogP contribution in [0.4, 0.5) is 0 Å². The van der Waals surface area contributed by atoms with E-state index in [9.17, 15) is 9.90 Å². The van der Waals surface area contributed by atoms with Crippen molar-refractivity contribution in [2.24, 2.45) is 0 Å². The van der Waals surface area contributed by atoms with Crippen molar-refractivity contribution in [2.45, 2.75) is 31.9 Å². The lowest BCUT2D eigenvalue weighted by Crippen LogP contribution is -2.45. The molecular weight excluding hydrogens is 288 g/mol. The van der Waals surface area contributed by atoms with Crippen LogP contribution in [-0.2, 0) is 11.3 Å². The van der Waals surface area contributed by atoms with Crippen LogP contribution in [0.5, 0.6) is 0 Å². The molecule has 2 heterocycles. The summed E-state index contributed by atoms with van der Waals surface area (Å²) < 4.78 is 5.05. The van der Waals surface area contributed by atoms with Gasteiger partial charge < -0.3 is 15.2 Å². The summed E-state index contributed by atoms with van der Waals surface area (Å²) >= 11 is 1.47. The number of hydrogen-bond donors (Lipinski definition) is 2. The average Bonchev–Trinajstić information content (AvgIpc) is 2.97. The van der Waals surface area contributed by atoms with E-state index in [0.717, 1.165) is 29.3 Å². The van der Waals surface area contributed by atoms with Gasteiger partial charge in [-0.05, 0) is 31.5 Å². The fraction of sp³-hybridized carbons (Fsp3) is 0.667. The average molecular weight is 312 g/mol. The molecule has 0 unspecified atom stereocenters. The van der Waals surface area contributed by atoms with Crippen LogP contribution in [0.3, 0.4) is 0 Å². The fourth-order valence-corrected chi connectivity index (χ4v) is 3.58. The summed E-state index contributed by atoms with van der Waals surface area (Å²) in [4.78, 5) is 16.1. The van der Waals surface area contributed by atoms with Gasteiger partial charge in [0.25, 0.3) is 5.91 Å². The molecule has 1 aliphatic heterocycles. The van der Waals surface area contributed by atoms with Gasteiger partial charge in [0.1, 0.15) is 0 Å². The third-order valence-corrected chi connectivity index (χ3v) is 4.87. The Balaban J connectivity index is 1.75. The van der Waals surface area contributed by atoms with E-state index in [1.807, 2.05) is 12.1 Å².